The molecule has 0 atom stereocenters. The molecule has 0 aliphatic rings. The normalized spacial score (nSPS) is 10.2. The molecule has 0 saturated heterocycles. The van der Waals surface area contributed by atoms with E-state index in [2.05, 4.69) is 45.9 Å². The highest BCUT2D eigenvalue weighted by molar-refractivity contribution is 9.10. The highest BCUT2D eigenvalue weighted by Gasteiger charge is 2.10. The first kappa shape index (κ1) is 24.6. The maximum Gasteiger partial charge on any atom is 0.276 e. The molecule has 2 rings (SSSR count). The molecule has 31 heavy (non-hydrogen) atoms. The van der Waals surface area contributed by atoms with Crippen LogP contribution in [0.15, 0.2) is 46.9 Å². The standard InChI is InChI=1S/C22H26BrN3O4S/c1-3-5-12-29-17-9-7-16(8-10-17)21(28)24-22(31)26-25-20(27)14-30-19-11-6-15(4-2)13-18(19)23/h6-11,13H,3-5,12,14H2,1-2H3,(H,25,27)(H2,24,26,28,31). The quantitative estimate of drug-likeness (QED) is 0.271. The zero-order valence-corrected chi connectivity index (χ0v) is 19.9. The monoisotopic (exact) mass is 507 g/mol. The Hall–Kier alpha value is -2.65. The highest BCUT2D eigenvalue weighted by Crippen LogP contribution is 2.26. The van der Waals surface area contributed by atoms with Crippen molar-refractivity contribution >= 4 is 45.1 Å². The average Bonchev–Trinajstić information content (AvgIpc) is 2.77. The summed E-state index contributed by atoms with van der Waals surface area (Å²) in [6.07, 6.45) is 2.93. The van der Waals surface area contributed by atoms with Crippen LogP contribution in [0, 0.1) is 0 Å². The lowest BCUT2D eigenvalue weighted by molar-refractivity contribution is -0.123. The Kier molecular flexibility index (Phi) is 10.3. The second-order valence-corrected chi connectivity index (χ2v) is 7.85. The molecule has 2 aromatic rings. The van der Waals surface area contributed by atoms with Gasteiger partial charge in [0.05, 0.1) is 11.1 Å². The van der Waals surface area contributed by atoms with Crippen molar-refractivity contribution < 1.29 is 19.1 Å². The summed E-state index contributed by atoms with van der Waals surface area (Å²) in [7, 11) is 0. The van der Waals surface area contributed by atoms with E-state index in [4.69, 9.17) is 21.7 Å². The van der Waals surface area contributed by atoms with E-state index in [-0.39, 0.29) is 11.7 Å². The van der Waals surface area contributed by atoms with Crippen LogP contribution in [0.4, 0.5) is 0 Å². The molecule has 0 fully saturated rings. The third-order valence-electron chi connectivity index (χ3n) is 4.19. The second kappa shape index (κ2) is 12.9. The van der Waals surface area contributed by atoms with Gasteiger partial charge in [-0.25, -0.2) is 0 Å². The SMILES string of the molecule is CCCCOc1ccc(C(=O)NC(=S)NNC(=O)COc2ccc(CC)cc2Br)cc1. The van der Waals surface area contributed by atoms with Crippen molar-refractivity contribution in [2.75, 3.05) is 13.2 Å². The number of ether oxygens (including phenoxy) is 2. The Bertz CT molecular complexity index is 906. The van der Waals surface area contributed by atoms with E-state index >= 15 is 0 Å². The molecule has 7 nitrogen and oxygen atoms in total. The summed E-state index contributed by atoms with van der Waals surface area (Å²) in [5.41, 5.74) is 6.44. The molecule has 0 unspecified atom stereocenters. The molecule has 2 amide bonds. The van der Waals surface area contributed by atoms with Gasteiger partial charge in [0.25, 0.3) is 11.8 Å². The van der Waals surface area contributed by atoms with Gasteiger partial charge < -0.3 is 9.47 Å². The number of benzene rings is 2. The predicted octanol–water partition coefficient (Wildman–Crippen LogP) is 3.90. The minimum absolute atomic E-state index is 0.0323. The van der Waals surface area contributed by atoms with Crippen LogP contribution in [0.3, 0.4) is 0 Å². The van der Waals surface area contributed by atoms with E-state index < -0.39 is 11.8 Å². The molecule has 0 bridgehead atoms. The molecule has 0 spiro atoms. The fourth-order valence-corrected chi connectivity index (χ4v) is 3.11. The number of carbonyl (C=O) groups is 2. The fourth-order valence-electron chi connectivity index (χ4n) is 2.43. The van der Waals surface area contributed by atoms with Crippen molar-refractivity contribution in [3.05, 3.63) is 58.1 Å². The van der Waals surface area contributed by atoms with E-state index in [0.29, 0.717) is 23.7 Å². The molecular formula is C22H26BrN3O4S. The summed E-state index contributed by atoms with van der Waals surface area (Å²) in [4.78, 5) is 24.2. The maximum absolute atomic E-state index is 12.2. The Balaban J connectivity index is 1.73. The zero-order chi connectivity index (χ0) is 22.6. The number of hydrogen-bond acceptors (Lipinski definition) is 5. The number of halogens is 1. The van der Waals surface area contributed by atoms with Crippen molar-refractivity contribution in [2.45, 2.75) is 33.1 Å². The lowest BCUT2D eigenvalue weighted by Gasteiger charge is -2.12. The number of aryl methyl sites for hydroxylation is 1. The molecule has 0 aliphatic heterocycles. The molecule has 0 saturated carbocycles. The van der Waals surface area contributed by atoms with Crippen LogP contribution in [-0.4, -0.2) is 30.1 Å². The maximum atomic E-state index is 12.2. The molecule has 3 N–H and O–H groups in total. The second-order valence-electron chi connectivity index (χ2n) is 6.59. The first-order chi connectivity index (χ1) is 14.9. The summed E-state index contributed by atoms with van der Waals surface area (Å²) in [6, 6.07) is 12.4. The fraction of sp³-hybridized carbons (Fsp3) is 0.318. The summed E-state index contributed by atoms with van der Waals surface area (Å²) in [5.74, 6) is 0.416. The summed E-state index contributed by atoms with van der Waals surface area (Å²) in [5, 5.41) is 2.46. The first-order valence-electron chi connectivity index (χ1n) is 9.97. The lowest BCUT2D eigenvalue weighted by atomic mass is 10.2. The number of unbranched alkanes of at least 4 members (excludes halogenated alkanes) is 1. The average molecular weight is 508 g/mol. The number of nitrogens with one attached hydrogen (secondary N) is 3. The van der Waals surface area contributed by atoms with E-state index in [1.54, 1.807) is 30.3 Å². The van der Waals surface area contributed by atoms with Gasteiger partial charge in [-0.3, -0.25) is 25.8 Å². The van der Waals surface area contributed by atoms with Crippen molar-refractivity contribution in [1.82, 2.24) is 16.2 Å². The zero-order valence-electron chi connectivity index (χ0n) is 17.5. The molecular weight excluding hydrogens is 482 g/mol. The third-order valence-corrected chi connectivity index (χ3v) is 5.01. The van der Waals surface area contributed by atoms with Gasteiger partial charge in [0.2, 0.25) is 0 Å². The highest BCUT2D eigenvalue weighted by atomic mass is 79.9. The molecule has 2 aromatic carbocycles. The van der Waals surface area contributed by atoms with Crippen LogP contribution in [-0.2, 0) is 11.2 Å². The van der Waals surface area contributed by atoms with E-state index in [9.17, 15) is 9.59 Å². The molecule has 0 aliphatic carbocycles. The van der Waals surface area contributed by atoms with Gasteiger partial charge in [-0.1, -0.05) is 26.3 Å². The minimum Gasteiger partial charge on any atom is -0.494 e. The number of thiocarbonyl (C=S) groups is 1. The van der Waals surface area contributed by atoms with Crippen molar-refractivity contribution in [1.29, 1.82) is 0 Å². The van der Waals surface area contributed by atoms with Gasteiger partial charge >= 0.3 is 0 Å². The van der Waals surface area contributed by atoms with Crippen molar-refractivity contribution in [3.63, 3.8) is 0 Å². The summed E-state index contributed by atoms with van der Waals surface area (Å²) in [6.45, 7) is 4.57. The van der Waals surface area contributed by atoms with Crippen LogP contribution >= 0.6 is 28.1 Å². The van der Waals surface area contributed by atoms with Gasteiger partial charge in [-0.15, -0.1) is 0 Å². The van der Waals surface area contributed by atoms with Crippen LogP contribution in [0.1, 0.15) is 42.6 Å². The largest absolute Gasteiger partial charge is 0.494 e. The van der Waals surface area contributed by atoms with Gasteiger partial charge in [0.1, 0.15) is 11.5 Å². The number of hydrogen-bond donors (Lipinski definition) is 3. The third kappa shape index (κ3) is 8.55. The summed E-state index contributed by atoms with van der Waals surface area (Å²) >= 11 is 8.46. The summed E-state index contributed by atoms with van der Waals surface area (Å²) < 4.78 is 11.8. The van der Waals surface area contributed by atoms with Crippen LogP contribution < -0.4 is 25.6 Å². The molecule has 0 radical (unpaired) electrons. The number of carbonyl (C=O) groups excluding carboxylic acids is 2. The first-order valence-corrected chi connectivity index (χ1v) is 11.2. The van der Waals surface area contributed by atoms with Crippen molar-refractivity contribution in [2.24, 2.45) is 0 Å². The Morgan fingerprint density at radius 3 is 2.42 bits per heavy atom. The van der Waals surface area contributed by atoms with Crippen LogP contribution in [0.5, 0.6) is 11.5 Å². The number of rotatable bonds is 9. The van der Waals surface area contributed by atoms with E-state index in [0.717, 1.165) is 29.3 Å². The van der Waals surface area contributed by atoms with Gasteiger partial charge in [-0.05, 0) is 83.0 Å². The van der Waals surface area contributed by atoms with Gasteiger partial charge in [-0.2, -0.15) is 0 Å². The van der Waals surface area contributed by atoms with Crippen LogP contribution in [0.25, 0.3) is 0 Å². The Labute approximate surface area is 196 Å². The molecule has 166 valence electrons. The number of amides is 2. The lowest BCUT2D eigenvalue weighted by Crippen LogP contribution is -2.49. The van der Waals surface area contributed by atoms with Crippen molar-refractivity contribution in [3.8, 4) is 11.5 Å². The number of hydrazine groups is 1. The smallest absolute Gasteiger partial charge is 0.276 e. The van der Waals surface area contributed by atoms with E-state index in [1.807, 2.05) is 12.1 Å². The molecule has 9 heteroatoms. The van der Waals surface area contributed by atoms with Gasteiger partial charge in [0, 0.05) is 5.56 Å². The van der Waals surface area contributed by atoms with Gasteiger partial charge in [0.15, 0.2) is 11.7 Å². The molecule has 0 heterocycles. The topological polar surface area (TPSA) is 88.7 Å². The minimum atomic E-state index is -0.448. The Morgan fingerprint density at radius 2 is 1.77 bits per heavy atom. The van der Waals surface area contributed by atoms with Crippen LogP contribution in [0.2, 0.25) is 0 Å². The molecule has 0 aromatic heterocycles. The predicted molar refractivity (Wildman–Crippen MR) is 127 cm³/mol. The Morgan fingerprint density at radius 1 is 1.03 bits per heavy atom. The van der Waals surface area contributed by atoms with E-state index in [1.165, 1.54) is 0 Å².